The van der Waals surface area contributed by atoms with Crippen molar-refractivity contribution in [1.29, 1.82) is 0 Å². The average Bonchev–Trinajstić information content (AvgIpc) is 2.54. The minimum absolute atomic E-state index is 0.0256. The molecular formula is C19H28N2O3. The van der Waals surface area contributed by atoms with Crippen molar-refractivity contribution < 1.29 is 14.7 Å². The number of hydrogen-bond acceptors (Lipinski definition) is 3. The first kappa shape index (κ1) is 18.5. The molecule has 1 heterocycles. The summed E-state index contributed by atoms with van der Waals surface area (Å²) >= 11 is 0. The first-order valence-corrected chi connectivity index (χ1v) is 8.53. The molecule has 2 atom stereocenters. The maximum absolute atomic E-state index is 12.5. The molecule has 2 N–H and O–H groups in total. The molecule has 132 valence electrons. The van der Waals surface area contributed by atoms with Crippen LogP contribution in [-0.4, -0.2) is 47.6 Å². The number of hydrogen-bond donors (Lipinski definition) is 2. The molecule has 0 aromatic heterocycles. The van der Waals surface area contributed by atoms with Crippen LogP contribution in [-0.2, 0) is 0 Å². The standard InChI is InChI=1S/C19H28N2O3/c1-13-9-10-21(11-16(13)22)18(24)15-7-5-14(6-8-15)17(23)20-12-19(2,3)4/h5-8,13,16,22H,9-12H2,1-4H3,(H,20,23). The van der Waals surface area contributed by atoms with E-state index in [0.29, 0.717) is 30.8 Å². The molecule has 5 nitrogen and oxygen atoms in total. The molecule has 0 spiro atoms. The zero-order valence-electron chi connectivity index (χ0n) is 15.0. The summed E-state index contributed by atoms with van der Waals surface area (Å²) in [6.45, 7) is 9.79. The van der Waals surface area contributed by atoms with E-state index in [-0.39, 0.29) is 23.1 Å². The number of nitrogens with zero attached hydrogens (tertiary/aromatic N) is 1. The predicted octanol–water partition coefficient (Wildman–Crippen LogP) is 2.31. The largest absolute Gasteiger partial charge is 0.391 e. The number of aliphatic hydroxyl groups excluding tert-OH is 1. The van der Waals surface area contributed by atoms with E-state index < -0.39 is 6.10 Å². The summed E-state index contributed by atoms with van der Waals surface area (Å²) in [7, 11) is 0. The maximum atomic E-state index is 12.5. The van der Waals surface area contributed by atoms with Gasteiger partial charge in [-0.25, -0.2) is 0 Å². The molecule has 5 heteroatoms. The van der Waals surface area contributed by atoms with Gasteiger partial charge in [0.2, 0.25) is 0 Å². The number of likely N-dealkylation sites (tertiary alicyclic amines) is 1. The maximum Gasteiger partial charge on any atom is 0.253 e. The van der Waals surface area contributed by atoms with Crippen LogP contribution in [0.4, 0.5) is 0 Å². The van der Waals surface area contributed by atoms with Crippen molar-refractivity contribution in [2.75, 3.05) is 19.6 Å². The number of rotatable bonds is 3. The number of aliphatic hydroxyl groups is 1. The zero-order chi connectivity index (χ0) is 17.9. The fourth-order valence-corrected chi connectivity index (χ4v) is 2.63. The van der Waals surface area contributed by atoms with Gasteiger partial charge in [0.15, 0.2) is 0 Å². The molecular weight excluding hydrogens is 304 g/mol. The first-order valence-electron chi connectivity index (χ1n) is 8.53. The highest BCUT2D eigenvalue weighted by molar-refractivity contribution is 5.97. The number of benzene rings is 1. The summed E-state index contributed by atoms with van der Waals surface area (Å²) in [6.07, 6.45) is 0.338. The van der Waals surface area contributed by atoms with Gasteiger partial charge in [0.05, 0.1) is 6.10 Å². The molecule has 0 bridgehead atoms. The van der Waals surface area contributed by atoms with Crippen molar-refractivity contribution in [1.82, 2.24) is 10.2 Å². The van der Waals surface area contributed by atoms with E-state index in [9.17, 15) is 14.7 Å². The normalized spacial score (nSPS) is 21.5. The van der Waals surface area contributed by atoms with Crippen LogP contribution in [0.5, 0.6) is 0 Å². The Bertz CT molecular complexity index is 590. The van der Waals surface area contributed by atoms with Crippen LogP contribution in [0, 0.1) is 11.3 Å². The van der Waals surface area contributed by atoms with Gasteiger partial charge in [-0.2, -0.15) is 0 Å². The van der Waals surface area contributed by atoms with Crippen LogP contribution in [0.2, 0.25) is 0 Å². The molecule has 1 saturated heterocycles. The van der Waals surface area contributed by atoms with Gasteiger partial charge < -0.3 is 15.3 Å². The van der Waals surface area contributed by atoms with E-state index in [1.54, 1.807) is 29.2 Å². The average molecular weight is 332 g/mol. The Balaban J connectivity index is 1.98. The van der Waals surface area contributed by atoms with Crippen LogP contribution < -0.4 is 5.32 Å². The number of carbonyl (C=O) groups excluding carboxylic acids is 2. The number of carbonyl (C=O) groups is 2. The monoisotopic (exact) mass is 332 g/mol. The fraction of sp³-hybridized carbons (Fsp3) is 0.579. The highest BCUT2D eigenvalue weighted by Gasteiger charge is 2.27. The molecule has 1 aliphatic rings. The van der Waals surface area contributed by atoms with Crippen molar-refractivity contribution in [3.05, 3.63) is 35.4 Å². The minimum atomic E-state index is -0.467. The molecule has 1 aliphatic heterocycles. The molecule has 1 fully saturated rings. The number of β-amino-alcohol motifs (C(OH)–C–C–N with tert-alkyl or cyclic N) is 1. The Kier molecular flexibility index (Phi) is 5.65. The lowest BCUT2D eigenvalue weighted by Crippen LogP contribution is -2.45. The van der Waals surface area contributed by atoms with Gasteiger partial charge in [0.25, 0.3) is 11.8 Å². The molecule has 2 amide bonds. The van der Waals surface area contributed by atoms with Gasteiger partial charge in [-0.3, -0.25) is 9.59 Å². The van der Waals surface area contributed by atoms with Gasteiger partial charge in [-0.1, -0.05) is 27.7 Å². The van der Waals surface area contributed by atoms with Gasteiger partial charge in [0, 0.05) is 30.8 Å². The second-order valence-electron chi connectivity index (χ2n) is 7.91. The van der Waals surface area contributed by atoms with E-state index in [0.717, 1.165) is 6.42 Å². The summed E-state index contributed by atoms with van der Waals surface area (Å²) in [5.74, 6) is -0.00307. The predicted molar refractivity (Wildman–Crippen MR) is 93.9 cm³/mol. The molecule has 24 heavy (non-hydrogen) atoms. The number of nitrogens with one attached hydrogen (secondary N) is 1. The van der Waals surface area contributed by atoms with Crippen molar-refractivity contribution in [2.45, 2.75) is 40.2 Å². The van der Waals surface area contributed by atoms with Crippen molar-refractivity contribution in [3.63, 3.8) is 0 Å². The zero-order valence-corrected chi connectivity index (χ0v) is 15.0. The van der Waals surface area contributed by atoms with Crippen molar-refractivity contribution >= 4 is 11.8 Å². The van der Waals surface area contributed by atoms with Gasteiger partial charge >= 0.3 is 0 Å². The summed E-state index contributed by atoms with van der Waals surface area (Å²) in [4.78, 5) is 26.3. The molecule has 1 aromatic rings. The number of amides is 2. The second-order valence-corrected chi connectivity index (χ2v) is 7.91. The van der Waals surface area contributed by atoms with Crippen molar-refractivity contribution in [3.8, 4) is 0 Å². The second kappa shape index (κ2) is 7.34. The topological polar surface area (TPSA) is 69.6 Å². The summed E-state index contributed by atoms with van der Waals surface area (Å²) < 4.78 is 0. The number of piperidine rings is 1. The third-order valence-electron chi connectivity index (χ3n) is 4.38. The third kappa shape index (κ3) is 4.81. The van der Waals surface area contributed by atoms with Crippen LogP contribution in [0.25, 0.3) is 0 Å². The summed E-state index contributed by atoms with van der Waals surface area (Å²) in [6, 6.07) is 6.71. The lowest BCUT2D eigenvalue weighted by atomic mass is 9.95. The van der Waals surface area contributed by atoms with E-state index in [2.05, 4.69) is 26.1 Å². The van der Waals surface area contributed by atoms with E-state index in [1.807, 2.05) is 6.92 Å². The third-order valence-corrected chi connectivity index (χ3v) is 4.38. The van der Waals surface area contributed by atoms with Crippen LogP contribution in [0.1, 0.15) is 54.8 Å². The van der Waals surface area contributed by atoms with Crippen LogP contribution in [0.15, 0.2) is 24.3 Å². The Hall–Kier alpha value is -1.88. The van der Waals surface area contributed by atoms with Gasteiger partial charge in [-0.05, 0) is 42.0 Å². The fourth-order valence-electron chi connectivity index (χ4n) is 2.63. The molecule has 0 aliphatic carbocycles. The Labute approximate surface area is 144 Å². The first-order chi connectivity index (χ1) is 11.2. The Morgan fingerprint density at radius 1 is 1.21 bits per heavy atom. The van der Waals surface area contributed by atoms with Crippen LogP contribution >= 0.6 is 0 Å². The summed E-state index contributed by atoms with van der Waals surface area (Å²) in [5, 5.41) is 12.8. The minimum Gasteiger partial charge on any atom is -0.391 e. The molecule has 0 radical (unpaired) electrons. The van der Waals surface area contributed by atoms with Crippen molar-refractivity contribution in [2.24, 2.45) is 11.3 Å². The van der Waals surface area contributed by atoms with E-state index in [4.69, 9.17) is 0 Å². The molecule has 2 rings (SSSR count). The Morgan fingerprint density at radius 2 is 1.79 bits per heavy atom. The molecule has 1 aromatic carbocycles. The smallest absolute Gasteiger partial charge is 0.253 e. The summed E-state index contributed by atoms with van der Waals surface area (Å²) in [5.41, 5.74) is 1.12. The lowest BCUT2D eigenvalue weighted by molar-refractivity contribution is 0.0248. The molecule has 2 unspecified atom stereocenters. The van der Waals surface area contributed by atoms with Crippen LogP contribution in [0.3, 0.4) is 0 Å². The highest BCUT2D eigenvalue weighted by atomic mass is 16.3. The van der Waals surface area contributed by atoms with Gasteiger partial charge in [-0.15, -0.1) is 0 Å². The lowest BCUT2D eigenvalue weighted by Gasteiger charge is -2.34. The van der Waals surface area contributed by atoms with E-state index in [1.165, 1.54) is 0 Å². The van der Waals surface area contributed by atoms with E-state index >= 15 is 0 Å². The highest BCUT2D eigenvalue weighted by Crippen LogP contribution is 2.19. The quantitative estimate of drug-likeness (QED) is 0.892. The SMILES string of the molecule is CC1CCN(C(=O)c2ccc(C(=O)NCC(C)(C)C)cc2)CC1O. The van der Waals surface area contributed by atoms with Gasteiger partial charge in [0.1, 0.15) is 0 Å². The molecule has 0 saturated carbocycles. The Morgan fingerprint density at radius 3 is 2.33 bits per heavy atom.